The van der Waals surface area contributed by atoms with E-state index in [9.17, 15) is 0 Å². The van der Waals surface area contributed by atoms with Crippen LogP contribution in [0, 0.1) is 0 Å². The fraction of sp³-hybridized carbons (Fsp3) is 0.250. The molecule has 33 heavy (non-hydrogen) atoms. The van der Waals surface area contributed by atoms with Gasteiger partial charge in [0, 0.05) is 48.9 Å². The van der Waals surface area contributed by atoms with Gasteiger partial charge >= 0.3 is 0 Å². The maximum Gasteiger partial charge on any atom is 0.136 e. The smallest absolute Gasteiger partial charge is 0.136 e. The number of aryl methyl sites for hydroxylation is 1. The van der Waals surface area contributed by atoms with Gasteiger partial charge in [-0.05, 0) is 48.2 Å². The second-order valence-corrected chi connectivity index (χ2v) is 9.38. The van der Waals surface area contributed by atoms with Crippen LogP contribution in [0.4, 0.5) is 5.82 Å². The van der Waals surface area contributed by atoms with Crippen LogP contribution in [0.15, 0.2) is 78.9 Å². The molecule has 1 aliphatic carbocycles. The van der Waals surface area contributed by atoms with E-state index in [1.54, 1.807) is 0 Å². The molecule has 2 heterocycles. The van der Waals surface area contributed by atoms with Crippen LogP contribution in [0.25, 0.3) is 16.9 Å². The highest BCUT2D eigenvalue weighted by molar-refractivity contribution is 6.30. The van der Waals surface area contributed by atoms with Crippen LogP contribution in [0.2, 0.25) is 5.02 Å². The molecule has 1 aromatic heterocycles. The van der Waals surface area contributed by atoms with E-state index in [1.165, 1.54) is 28.1 Å². The molecular formula is C28H27ClN4. The molecule has 5 heteroatoms. The van der Waals surface area contributed by atoms with E-state index in [4.69, 9.17) is 16.7 Å². The molecule has 6 rings (SSSR count). The summed E-state index contributed by atoms with van der Waals surface area (Å²) < 4.78 is 2.15. The number of hydrogen-bond donors (Lipinski definition) is 0. The van der Waals surface area contributed by atoms with Crippen LogP contribution in [0.3, 0.4) is 0 Å². The maximum absolute atomic E-state index is 6.19. The van der Waals surface area contributed by atoms with Crippen LogP contribution in [-0.4, -0.2) is 40.9 Å². The van der Waals surface area contributed by atoms with Gasteiger partial charge in [-0.2, -0.15) is 5.10 Å². The average Bonchev–Trinajstić information content (AvgIpc) is 3.26. The van der Waals surface area contributed by atoms with Gasteiger partial charge in [-0.15, -0.1) is 0 Å². The van der Waals surface area contributed by atoms with Gasteiger partial charge in [-0.1, -0.05) is 66.2 Å². The zero-order chi connectivity index (χ0) is 22.2. The third kappa shape index (κ3) is 3.94. The number of fused-ring (bicyclic) bond motifs is 3. The predicted molar refractivity (Wildman–Crippen MR) is 135 cm³/mol. The number of nitrogens with zero attached hydrogens (tertiary/aromatic N) is 4. The van der Waals surface area contributed by atoms with E-state index in [0.717, 1.165) is 62.0 Å². The SMILES string of the molecule is Clc1ccc(-n2nc3c(c2N2CCN(Cc4ccccc4)CC2)CCc2ccccc2-3)cc1. The summed E-state index contributed by atoms with van der Waals surface area (Å²) in [7, 11) is 0. The minimum atomic E-state index is 0.747. The van der Waals surface area contributed by atoms with Crippen LogP contribution < -0.4 is 4.90 Å². The zero-order valence-electron chi connectivity index (χ0n) is 18.6. The summed E-state index contributed by atoms with van der Waals surface area (Å²) >= 11 is 6.19. The Morgan fingerprint density at radius 3 is 2.27 bits per heavy atom. The summed E-state index contributed by atoms with van der Waals surface area (Å²) in [5.74, 6) is 1.25. The fourth-order valence-electron chi connectivity index (χ4n) is 5.16. The molecule has 1 fully saturated rings. The van der Waals surface area contributed by atoms with E-state index in [-0.39, 0.29) is 0 Å². The summed E-state index contributed by atoms with van der Waals surface area (Å²) in [4.78, 5) is 5.09. The van der Waals surface area contributed by atoms with E-state index in [0.29, 0.717) is 0 Å². The minimum Gasteiger partial charge on any atom is -0.354 e. The molecule has 3 aromatic carbocycles. The second kappa shape index (κ2) is 8.69. The Labute approximate surface area is 200 Å². The number of rotatable bonds is 4. The lowest BCUT2D eigenvalue weighted by molar-refractivity contribution is 0.249. The molecule has 4 aromatic rings. The lowest BCUT2D eigenvalue weighted by Crippen LogP contribution is -2.46. The third-order valence-electron chi connectivity index (χ3n) is 6.87. The van der Waals surface area contributed by atoms with Crippen LogP contribution in [-0.2, 0) is 19.4 Å². The normalized spacial score (nSPS) is 15.8. The number of aromatic nitrogens is 2. The van der Waals surface area contributed by atoms with Crippen molar-refractivity contribution in [2.24, 2.45) is 0 Å². The van der Waals surface area contributed by atoms with Crippen molar-refractivity contribution in [2.75, 3.05) is 31.1 Å². The van der Waals surface area contributed by atoms with Crippen molar-refractivity contribution >= 4 is 17.4 Å². The van der Waals surface area contributed by atoms with Crippen molar-refractivity contribution in [1.29, 1.82) is 0 Å². The van der Waals surface area contributed by atoms with Gasteiger partial charge in [0.15, 0.2) is 0 Å². The monoisotopic (exact) mass is 454 g/mol. The second-order valence-electron chi connectivity index (χ2n) is 8.94. The van der Waals surface area contributed by atoms with Crippen molar-refractivity contribution in [1.82, 2.24) is 14.7 Å². The molecule has 166 valence electrons. The van der Waals surface area contributed by atoms with Crippen molar-refractivity contribution < 1.29 is 0 Å². The highest BCUT2D eigenvalue weighted by Gasteiger charge is 2.30. The number of halogens is 1. The third-order valence-corrected chi connectivity index (χ3v) is 7.12. The zero-order valence-corrected chi connectivity index (χ0v) is 19.4. The lowest BCUT2D eigenvalue weighted by atomic mass is 9.90. The van der Waals surface area contributed by atoms with Gasteiger partial charge in [0.25, 0.3) is 0 Å². The lowest BCUT2D eigenvalue weighted by Gasteiger charge is -2.37. The van der Waals surface area contributed by atoms with Crippen LogP contribution >= 0.6 is 11.6 Å². The van der Waals surface area contributed by atoms with Crippen molar-refractivity contribution in [3.63, 3.8) is 0 Å². The standard InChI is InChI=1S/C28H27ClN4/c29-23-11-13-24(14-12-23)33-28(26-15-10-22-8-4-5-9-25(22)27(26)30-33)32-18-16-31(17-19-32)20-21-6-2-1-3-7-21/h1-9,11-14H,10,15-20H2. The minimum absolute atomic E-state index is 0.747. The number of benzene rings is 3. The number of hydrogen-bond acceptors (Lipinski definition) is 3. The van der Waals surface area contributed by atoms with E-state index >= 15 is 0 Å². The Bertz CT molecular complexity index is 1260. The number of anilines is 1. The molecule has 1 saturated heterocycles. The predicted octanol–water partition coefficient (Wildman–Crippen LogP) is 5.61. The summed E-state index contributed by atoms with van der Waals surface area (Å²) in [5, 5.41) is 5.92. The van der Waals surface area contributed by atoms with Gasteiger partial charge in [0.2, 0.25) is 0 Å². The first-order valence-electron chi connectivity index (χ1n) is 11.7. The molecule has 4 nitrogen and oxygen atoms in total. The van der Waals surface area contributed by atoms with E-state index in [2.05, 4.69) is 81.2 Å². The van der Waals surface area contributed by atoms with Crippen molar-refractivity contribution in [3.05, 3.63) is 101 Å². The van der Waals surface area contributed by atoms with Gasteiger partial charge in [0.05, 0.1) is 11.4 Å². The summed E-state index contributed by atoms with van der Waals surface area (Å²) in [6.45, 7) is 5.11. The Hall–Kier alpha value is -3.08. The molecule has 0 spiro atoms. The van der Waals surface area contributed by atoms with Crippen LogP contribution in [0.1, 0.15) is 16.7 Å². The van der Waals surface area contributed by atoms with Gasteiger partial charge in [0.1, 0.15) is 5.82 Å². The first kappa shape index (κ1) is 20.5. The summed E-state index contributed by atoms with van der Waals surface area (Å²) in [5.41, 5.74) is 7.62. The molecule has 0 amide bonds. The molecule has 1 aliphatic heterocycles. The molecular weight excluding hydrogens is 428 g/mol. The molecule has 0 N–H and O–H groups in total. The highest BCUT2D eigenvalue weighted by Crippen LogP contribution is 2.39. The van der Waals surface area contributed by atoms with Gasteiger partial charge in [-0.25, -0.2) is 4.68 Å². The highest BCUT2D eigenvalue weighted by atomic mass is 35.5. The molecule has 2 aliphatic rings. The topological polar surface area (TPSA) is 24.3 Å². The summed E-state index contributed by atoms with van der Waals surface area (Å²) in [6.07, 6.45) is 2.09. The van der Waals surface area contributed by atoms with Gasteiger partial charge in [-0.3, -0.25) is 4.90 Å². The molecule has 0 bridgehead atoms. The first-order chi connectivity index (χ1) is 16.3. The van der Waals surface area contributed by atoms with Gasteiger partial charge < -0.3 is 4.90 Å². The Balaban J connectivity index is 1.34. The number of piperazine rings is 1. The van der Waals surface area contributed by atoms with Crippen LogP contribution in [0.5, 0.6) is 0 Å². The Morgan fingerprint density at radius 1 is 0.758 bits per heavy atom. The molecule has 0 atom stereocenters. The quantitative estimate of drug-likeness (QED) is 0.400. The summed E-state index contributed by atoms with van der Waals surface area (Å²) in [6, 6.07) is 27.5. The van der Waals surface area contributed by atoms with Crippen molar-refractivity contribution in [3.8, 4) is 16.9 Å². The van der Waals surface area contributed by atoms with E-state index in [1.807, 2.05) is 12.1 Å². The first-order valence-corrected chi connectivity index (χ1v) is 12.1. The molecule has 0 saturated carbocycles. The Kier molecular flexibility index (Phi) is 5.41. The largest absolute Gasteiger partial charge is 0.354 e. The maximum atomic E-state index is 6.19. The Morgan fingerprint density at radius 2 is 1.48 bits per heavy atom. The molecule has 0 unspecified atom stereocenters. The fourth-order valence-corrected chi connectivity index (χ4v) is 5.29. The average molecular weight is 455 g/mol. The van der Waals surface area contributed by atoms with Crippen molar-refractivity contribution in [2.45, 2.75) is 19.4 Å². The van der Waals surface area contributed by atoms with E-state index < -0.39 is 0 Å². The molecule has 0 radical (unpaired) electrons.